The minimum absolute atomic E-state index is 0.0116. The Bertz CT molecular complexity index is 12200. The molecule has 27 rings (SSSR count). The summed E-state index contributed by atoms with van der Waals surface area (Å²) in [7, 11) is 0. The monoisotopic (exact) mass is 1890 g/mol. The molecule has 0 saturated carbocycles. The van der Waals surface area contributed by atoms with Crippen molar-refractivity contribution in [1.29, 1.82) is 0 Å². The first-order valence-electron chi connectivity index (χ1n) is 66.3. The summed E-state index contributed by atoms with van der Waals surface area (Å²) in [5.74, 6) is 0. The molecule has 0 N–H and O–H groups in total. The van der Waals surface area contributed by atoms with Crippen molar-refractivity contribution < 1.29 is 61.7 Å². The summed E-state index contributed by atoms with van der Waals surface area (Å²) in [6, 6.07) is 36.1. The fourth-order valence-electron chi connectivity index (χ4n) is 17.7. The molecule has 0 radical (unpaired) electrons. The van der Waals surface area contributed by atoms with Crippen LogP contribution >= 0.6 is 34.0 Å². The maximum Gasteiger partial charge on any atom is 0.0972 e. The van der Waals surface area contributed by atoms with Gasteiger partial charge in [0.1, 0.15) is 0 Å². The maximum atomic E-state index is 10.0. The average Bonchev–Trinajstić information content (AvgIpc) is 1.55. The van der Waals surface area contributed by atoms with Gasteiger partial charge < -0.3 is 0 Å². The van der Waals surface area contributed by atoms with Crippen molar-refractivity contribution in [1.82, 2.24) is 29.9 Å². The van der Waals surface area contributed by atoms with Crippen LogP contribution in [0.25, 0.3) is 261 Å². The summed E-state index contributed by atoms with van der Waals surface area (Å²) in [4.78, 5) is 28.2. The maximum absolute atomic E-state index is 10.0. The fraction of sp³-hybridized carbons (Fsp3) is 0. The summed E-state index contributed by atoms with van der Waals surface area (Å²) < 4.78 is 396. The van der Waals surface area contributed by atoms with Crippen LogP contribution in [0.1, 0.15) is 61.7 Å². The molecule has 9 heterocycles. The van der Waals surface area contributed by atoms with E-state index >= 15 is 0 Å². The molecule has 660 valence electrons. The van der Waals surface area contributed by atoms with Gasteiger partial charge in [-0.3, -0.25) is 15.0 Å². The topological polar surface area (TPSA) is 77.3 Å². The molecule has 0 unspecified atom stereocenters. The zero-order valence-corrected chi connectivity index (χ0v) is 75.4. The number of hydrogen-bond acceptors (Lipinski definition) is 9. The van der Waals surface area contributed by atoms with Crippen molar-refractivity contribution in [2.45, 2.75) is 0 Å². The second-order valence-electron chi connectivity index (χ2n) is 31.9. The van der Waals surface area contributed by atoms with Crippen LogP contribution in [0.5, 0.6) is 0 Å². The number of rotatable bonds is 15. The highest BCUT2D eigenvalue weighted by Crippen LogP contribution is 2.57. The lowest BCUT2D eigenvalue weighted by molar-refractivity contribution is 1.37. The molecule has 9 heteroatoms. The van der Waals surface area contributed by atoms with Gasteiger partial charge in [0.05, 0.1) is 112 Å². The number of thiophene rings is 3. The third-order valence-corrected chi connectivity index (χ3v) is 27.5. The van der Waals surface area contributed by atoms with E-state index in [2.05, 4.69) is 15.0 Å². The summed E-state index contributed by atoms with van der Waals surface area (Å²) in [6.07, 6.45) is 5.11. The third-order valence-electron chi connectivity index (χ3n) is 23.9. The average molecular weight is 1900 g/mol. The Balaban J connectivity index is 0.000000139. The Kier molecular flexibility index (Phi) is 13.2. The highest BCUT2D eigenvalue weighted by atomic mass is 32.1. The molecule has 27 aromatic rings. The highest BCUT2D eigenvalue weighted by Gasteiger charge is 2.29. The van der Waals surface area contributed by atoms with Gasteiger partial charge in [0, 0.05) is 125 Å². The van der Waals surface area contributed by atoms with Crippen LogP contribution in [0, 0.1) is 0 Å². The number of fused-ring (bicyclic) bond motifs is 12. The van der Waals surface area contributed by atoms with Gasteiger partial charge in [-0.05, 0) is 153 Å². The van der Waals surface area contributed by atoms with Gasteiger partial charge in [-0.25, -0.2) is 15.0 Å². The molecule has 0 fully saturated rings. The van der Waals surface area contributed by atoms with Crippen molar-refractivity contribution in [2.75, 3.05) is 0 Å². The molecule has 0 aliphatic heterocycles. The number of aromatic nitrogens is 6. The van der Waals surface area contributed by atoms with Crippen molar-refractivity contribution in [2.24, 2.45) is 0 Å². The van der Waals surface area contributed by atoms with Gasteiger partial charge in [-0.15, -0.1) is 34.0 Å². The molecule has 141 heavy (non-hydrogen) atoms. The molecule has 0 bridgehead atoms. The molecular formula is C132H84N6S3. The van der Waals surface area contributed by atoms with Crippen molar-refractivity contribution in [3.8, 4) is 163 Å². The lowest BCUT2D eigenvalue weighted by Gasteiger charge is -2.16. The largest absolute Gasteiger partial charge is 0.254 e. The highest BCUT2D eigenvalue weighted by molar-refractivity contribution is 7.21. The smallest absolute Gasteiger partial charge is 0.0972 e. The van der Waals surface area contributed by atoms with Crippen molar-refractivity contribution in [3.05, 3.63) is 509 Å². The minimum atomic E-state index is -0.870. The van der Waals surface area contributed by atoms with E-state index in [0.29, 0.717) is 99.7 Å². The second-order valence-corrected chi connectivity index (χ2v) is 34.9. The Morgan fingerprint density at radius 1 is 0.170 bits per heavy atom. The normalized spacial score (nSPS) is 15.9. The summed E-state index contributed by atoms with van der Waals surface area (Å²) >= 11 is 2.11. The van der Waals surface area contributed by atoms with Crippen molar-refractivity contribution >= 4 is 132 Å². The van der Waals surface area contributed by atoms with E-state index in [1.807, 2.05) is 158 Å². The first-order valence-corrected chi connectivity index (χ1v) is 46.3. The number of nitrogens with zero attached hydrogens (tertiary/aromatic N) is 6. The molecule has 18 aromatic carbocycles. The molecule has 9 aromatic heterocycles. The SMILES string of the molecule is [2H]c1c([2H])c([2H])c(-c2sc(-c3c([2H])c([2H])c([2H])c(-c4ccc(-c5ccc6ccc7cccnc7c6n5)c5ccccc45)c3[2H])c(-c3c([2H])c([2H])c([2H])c([2H])c3[2H])c2-c2c([2H])c([2H])c([2H])c([2H])c2[2H])c([2H])c1[2H].[2H]c1c([2H])c([2H])c(-c2sc(-c3c([2H])c([2H])c([2H])c([2H])c3[2H])c(-c3ccc(-c4ccc5ccc6cccnc6c5n4)c4ccccc34)c2-c2c([2H])c([2H])c([2H])c([2H])c2[2H])c([2H])c1[2H].[2H]c1c([2H])c([2H])c(-c2sc(-c3c([2H])c([2H])c([2H])c([2H])c3[2H])c(-c3ccc(-c4ccc5ccc6cccnc6c5n4)c4ccccc34)c2[2H])c([2H])c1[2H]. The molecular weight excluding hydrogens is 1770 g/mol. The molecule has 0 saturated heterocycles. The Hall–Kier alpha value is -17.7. The summed E-state index contributed by atoms with van der Waals surface area (Å²) in [5, 5.41) is 9.12. The predicted molar refractivity (Wildman–Crippen MR) is 599 cm³/mol. The Labute approximate surface area is 891 Å². The van der Waals surface area contributed by atoms with Gasteiger partial charge in [0.25, 0.3) is 0 Å². The van der Waals surface area contributed by atoms with E-state index in [0.717, 1.165) is 77.0 Å². The summed E-state index contributed by atoms with van der Waals surface area (Å²) in [6.45, 7) is 0. The van der Waals surface area contributed by atoms with E-state index in [1.54, 1.807) is 79.3 Å². The second kappa shape index (κ2) is 37.4. The van der Waals surface area contributed by atoms with Crippen LogP contribution in [-0.4, -0.2) is 29.9 Å². The molecule has 0 amide bonds. The van der Waals surface area contributed by atoms with E-state index in [1.165, 1.54) is 0 Å². The number of pyridine rings is 6. The first kappa shape index (κ1) is 49.9. The van der Waals surface area contributed by atoms with E-state index in [4.69, 9.17) is 61.6 Å². The first-order chi connectivity index (χ1) is 88.6. The lowest BCUT2D eigenvalue weighted by atomic mass is 9.87. The fourth-order valence-corrected chi connectivity index (χ4v) is 21.2. The van der Waals surface area contributed by atoms with Gasteiger partial charge in [-0.2, -0.15) is 0 Å². The van der Waals surface area contributed by atoms with Crippen LogP contribution in [0.15, 0.2) is 509 Å². The lowest BCUT2D eigenvalue weighted by Crippen LogP contribution is -1.92. The van der Waals surface area contributed by atoms with E-state index in [9.17, 15) is 15.1 Å². The van der Waals surface area contributed by atoms with E-state index < -0.39 is 304 Å². The summed E-state index contributed by atoms with van der Waals surface area (Å²) in [5.41, 5.74) is 4.44. The van der Waals surface area contributed by atoms with Gasteiger partial charge in [-0.1, -0.05) is 442 Å². The van der Waals surface area contributed by atoms with Crippen LogP contribution in [0.2, 0.25) is 0 Å². The Morgan fingerprint density at radius 3 is 0.823 bits per heavy atom. The molecule has 6 nitrogen and oxygen atoms in total. The third kappa shape index (κ3) is 16.1. The standard InChI is InChI=1S/C50H32N2S.C44H28N2S.C38H24N2S/c1-4-14-33(15-5-1)45-46(34-16-6-2-7-17-34)50(53-49(45)37-18-8-3-9-19-37)39-21-12-20-38(32-39)40-28-29-43(42-24-11-10-23-41(40)42)44-30-27-36-26-25-35-22-13-31-51-47(35)48(36)52-44;1-4-13-29(14-5-1)39-40(44(33-17-8-3-9-18-33)47-43(39)32-15-6-2-7-16-32)37-26-25-36(34-20-10-11-21-35(34)37)38-27-24-31-23-22-30-19-12-28-45-41(30)42(31)46-38;1-3-10-25(11-4-1)35-24-33(38(41-35)28-12-5-2-6-13-28)31-20-21-32(30-16-8-7-15-29(30)31)34-22-19-27-18-17-26-14-9-23-39-36(26)37(27)40-34/h1-32H;1-28H;1-24H/i1D,2D,3D,4D,5D,6D,7D,8D,9D,12D,14D,15D,16D,17D,18D,19D,20D,21D,32D;1D,2D,3D,4D,5D,6D,7D,8D,9D,13D,14D,15D,16D,17D,18D;1D,2D,3D,4D,5D,6D,10D,11D,12D,13D,24D. The van der Waals surface area contributed by atoms with Crippen LogP contribution < -0.4 is 0 Å². The van der Waals surface area contributed by atoms with Gasteiger partial charge in [0.15, 0.2) is 0 Å². The molecule has 0 spiro atoms. The Morgan fingerprint density at radius 2 is 0.440 bits per heavy atom. The van der Waals surface area contributed by atoms with E-state index in [-0.39, 0.29) is 86.1 Å². The van der Waals surface area contributed by atoms with Crippen molar-refractivity contribution in [3.63, 3.8) is 0 Å². The zero-order valence-electron chi connectivity index (χ0n) is 118. The number of benzene rings is 18. The quantitative estimate of drug-likeness (QED) is 0.0952. The molecule has 0 atom stereocenters. The van der Waals surface area contributed by atoms with Crippen LogP contribution in [-0.2, 0) is 0 Å². The van der Waals surface area contributed by atoms with Gasteiger partial charge in [0.2, 0.25) is 0 Å². The van der Waals surface area contributed by atoms with Crippen LogP contribution in [0.4, 0.5) is 0 Å². The molecule has 0 aliphatic rings. The minimum Gasteiger partial charge on any atom is -0.254 e. The zero-order chi connectivity index (χ0) is 133. The van der Waals surface area contributed by atoms with Gasteiger partial charge >= 0.3 is 0 Å². The number of hydrogen-bond donors (Lipinski definition) is 0. The molecule has 0 aliphatic carbocycles. The van der Waals surface area contributed by atoms with Crippen LogP contribution in [0.3, 0.4) is 0 Å². The predicted octanol–water partition coefficient (Wildman–Crippen LogP) is 37.0.